The lowest BCUT2D eigenvalue weighted by Crippen LogP contribution is -2.30. The second-order valence-electron chi connectivity index (χ2n) is 3.26. The van der Waals surface area contributed by atoms with Gasteiger partial charge < -0.3 is 9.84 Å². The Labute approximate surface area is 83.6 Å². The first kappa shape index (κ1) is 12.7. The highest BCUT2D eigenvalue weighted by molar-refractivity contribution is 5.87. The molecular formula is C10H16O4. The van der Waals surface area contributed by atoms with Crippen LogP contribution in [0, 0.1) is 5.92 Å². The molecule has 0 aliphatic heterocycles. The van der Waals surface area contributed by atoms with Crippen molar-refractivity contribution >= 4 is 11.9 Å². The molecular weight excluding hydrogens is 184 g/mol. The molecule has 2 atom stereocenters. The van der Waals surface area contributed by atoms with E-state index < -0.39 is 24.0 Å². The fourth-order valence-electron chi connectivity index (χ4n) is 0.936. The standard InChI is InChI=1S/C10H16O4/c1-5-8(7(4)9(11)12)14-10(13)6(2)3/h7-8H,2,5H2,1,3-4H3,(H,11,12). The highest BCUT2D eigenvalue weighted by Gasteiger charge is 2.25. The number of carbonyl (C=O) groups excluding carboxylic acids is 1. The van der Waals surface area contributed by atoms with Gasteiger partial charge >= 0.3 is 11.9 Å². The van der Waals surface area contributed by atoms with E-state index in [0.717, 1.165) is 0 Å². The number of esters is 1. The molecule has 0 fully saturated rings. The van der Waals surface area contributed by atoms with Crippen molar-refractivity contribution < 1.29 is 19.4 Å². The van der Waals surface area contributed by atoms with Crippen LogP contribution in [-0.4, -0.2) is 23.1 Å². The Hall–Kier alpha value is -1.32. The molecule has 0 spiro atoms. The van der Waals surface area contributed by atoms with Crippen molar-refractivity contribution in [3.8, 4) is 0 Å². The summed E-state index contributed by atoms with van der Waals surface area (Å²) in [6.07, 6.45) is -0.108. The number of rotatable bonds is 5. The summed E-state index contributed by atoms with van der Waals surface area (Å²) < 4.78 is 4.96. The molecule has 80 valence electrons. The summed E-state index contributed by atoms with van der Waals surface area (Å²) in [5, 5.41) is 8.72. The van der Waals surface area contributed by atoms with Gasteiger partial charge in [0.25, 0.3) is 0 Å². The van der Waals surface area contributed by atoms with Gasteiger partial charge in [0, 0.05) is 5.57 Å². The highest BCUT2D eigenvalue weighted by Crippen LogP contribution is 2.13. The SMILES string of the molecule is C=C(C)C(=O)OC(CC)C(C)C(=O)O. The molecule has 0 saturated carbocycles. The summed E-state index contributed by atoms with van der Waals surface area (Å²) in [7, 11) is 0. The minimum absolute atomic E-state index is 0.279. The Bertz CT molecular complexity index is 245. The van der Waals surface area contributed by atoms with Gasteiger partial charge in [0.15, 0.2) is 0 Å². The smallest absolute Gasteiger partial charge is 0.333 e. The molecule has 1 N–H and O–H groups in total. The molecule has 0 heterocycles. The van der Waals surface area contributed by atoms with Gasteiger partial charge in [-0.3, -0.25) is 4.79 Å². The van der Waals surface area contributed by atoms with Gasteiger partial charge in [-0.15, -0.1) is 0 Å². The van der Waals surface area contributed by atoms with Gasteiger partial charge in [-0.1, -0.05) is 13.5 Å². The van der Waals surface area contributed by atoms with Crippen LogP contribution in [0.15, 0.2) is 12.2 Å². The number of ether oxygens (including phenoxy) is 1. The van der Waals surface area contributed by atoms with E-state index >= 15 is 0 Å². The lowest BCUT2D eigenvalue weighted by Gasteiger charge is -2.19. The first-order valence-electron chi connectivity index (χ1n) is 4.49. The average Bonchev–Trinajstić information content (AvgIpc) is 2.12. The van der Waals surface area contributed by atoms with Gasteiger partial charge in [-0.25, -0.2) is 4.79 Å². The monoisotopic (exact) mass is 200 g/mol. The van der Waals surface area contributed by atoms with E-state index in [4.69, 9.17) is 9.84 Å². The van der Waals surface area contributed by atoms with Crippen LogP contribution in [0.25, 0.3) is 0 Å². The molecule has 0 aromatic carbocycles. The van der Waals surface area contributed by atoms with Crippen LogP contribution in [0.4, 0.5) is 0 Å². The van der Waals surface area contributed by atoms with Crippen molar-refractivity contribution in [2.75, 3.05) is 0 Å². The lowest BCUT2D eigenvalue weighted by atomic mass is 10.0. The van der Waals surface area contributed by atoms with E-state index in [1.165, 1.54) is 13.8 Å². The maximum atomic E-state index is 11.1. The first-order valence-corrected chi connectivity index (χ1v) is 4.49. The summed E-state index contributed by atoms with van der Waals surface area (Å²) >= 11 is 0. The minimum atomic E-state index is -0.966. The number of carboxylic acids is 1. The molecule has 0 aromatic heterocycles. The summed E-state index contributed by atoms with van der Waals surface area (Å²) in [5.74, 6) is -2.19. The van der Waals surface area contributed by atoms with Gasteiger partial charge in [-0.2, -0.15) is 0 Å². The molecule has 4 heteroatoms. The number of aliphatic carboxylic acids is 1. The van der Waals surface area contributed by atoms with Crippen LogP contribution in [0.3, 0.4) is 0 Å². The Balaban J connectivity index is 4.36. The van der Waals surface area contributed by atoms with Crippen molar-refractivity contribution in [2.45, 2.75) is 33.3 Å². The van der Waals surface area contributed by atoms with Crippen LogP contribution in [-0.2, 0) is 14.3 Å². The molecule has 0 bridgehead atoms. The Kier molecular flexibility index (Phi) is 4.91. The molecule has 0 amide bonds. The molecule has 0 saturated heterocycles. The van der Waals surface area contributed by atoms with Crippen molar-refractivity contribution in [1.82, 2.24) is 0 Å². The van der Waals surface area contributed by atoms with Crippen molar-refractivity contribution in [3.05, 3.63) is 12.2 Å². The zero-order valence-electron chi connectivity index (χ0n) is 8.74. The summed E-state index contributed by atoms with van der Waals surface area (Å²) in [5.41, 5.74) is 0.279. The predicted octanol–water partition coefficient (Wildman–Crippen LogP) is 1.60. The minimum Gasteiger partial charge on any atom is -0.481 e. The zero-order chi connectivity index (χ0) is 11.3. The molecule has 0 aliphatic carbocycles. The molecule has 14 heavy (non-hydrogen) atoms. The van der Waals surface area contributed by atoms with E-state index in [9.17, 15) is 9.59 Å². The van der Waals surface area contributed by atoms with Gasteiger partial charge in [0.1, 0.15) is 6.10 Å². The number of hydrogen-bond acceptors (Lipinski definition) is 3. The van der Waals surface area contributed by atoms with E-state index in [2.05, 4.69) is 6.58 Å². The van der Waals surface area contributed by atoms with Crippen molar-refractivity contribution in [2.24, 2.45) is 5.92 Å². The van der Waals surface area contributed by atoms with Gasteiger partial charge in [0.2, 0.25) is 0 Å². The number of carboxylic acid groups (broad SMARTS) is 1. The summed E-state index contributed by atoms with van der Waals surface area (Å²) in [4.78, 5) is 21.8. The molecule has 4 nitrogen and oxygen atoms in total. The largest absolute Gasteiger partial charge is 0.481 e. The van der Waals surface area contributed by atoms with Gasteiger partial charge in [-0.05, 0) is 20.3 Å². The first-order chi connectivity index (χ1) is 6.40. The number of carbonyl (C=O) groups is 2. The third-order valence-electron chi connectivity index (χ3n) is 1.96. The second kappa shape index (κ2) is 5.42. The van der Waals surface area contributed by atoms with Crippen molar-refractivity contribution in [1.29, 1.82) is 0 Å². The summed E-state index contributed by atoms with van der Waals surface area (Å²) in [6, 6.07) is 0. The van der Waals surface area contributed by atoms with Crippen LogP contribution in [0.2, 0.25) is 0 Å². The van der Waals surface area contributed by atoms with Crippen LogP contribution >= 0.6 is 0 Å². The molecule has 0 radical (unpaired) electrons. The zero-order valence-corrected chi connectivity index (χ0v) is 8.74. The van der Waals surface area contributed by atoms with E-state index in [-0.39, 0.29) is 5.57 Å². The quantitative estimate of drug-likeness (QED) is 0.541. The lowest BCUT2D eigenvalue weighted by molar-refractivity contribution is -0.155. The van der Waals surface area contributed by atoms with Gasteiger partial charge in [0.05, 0.1) is 5.92 Å². The molecule has 0 aliphatic rings. The topological polar surface area (TPSA) is 63.6 Å². The molecule has 0 rings (SSSR count). The third kappa shape index (κ3) is 3.60. The van der Waals surface area contributed by atoms with Crippen molar-refractivity contribution in [3.63, 3.8) is 0 Å². The van der Waals surface area contributed by atoms with Crippen LogP contribution in [0.1, 0.15) is 27.2 Å². The number of hydrogen-bond donors (Lipinski definition) is 1. The molecule has 2 unspecified atom stereocenters. The predicted molar refractivity (Wildman–Crippen MR) is 51.8 cm³/mol. The fourth-order valence-corrected chi connectivity index (χ4v) is 0.936. The normalized spacial score (nSPS) is 14.2. The summed E-state index contributed by atoms with van der Waals surface area (Å²) in [6.45, 7) is 8.24. The van der Waals surface area contributed by atoms with Crippen LogP contribution < -0.4 is 0 Å². The third-order valence-corrected chi connectivity index (χ3v) is 1.96. The van der Waals surface area contributed by atoms with E-state index in [0.29, 0.717) is 6.42 Å². The molecule has 0 aromatic rings. The maximum absolute atomic E-state index is 11.1. The second-order valence-corrected chi connectivity index (χ2v) is 3.26. The highest BCUT2D eigenvalue weighted by atomic mass is 16.5. The van der Waals surface area contributed by atoms with E-state index in [1.807, 2.05) is 0 Å². The average molecular weight is 200 g/mol. The maximum Gasteiger partial charge on any atom is 0.333 e. The van der Waals surface area contributed by atoms with Crippen LogP contribution in [0.5, 0.6) is 0 Å². The van der Waals surface area contributed by atoms with E-state index in [1.54, 1.807) is 6.92 Å². The Morgan fingerprint density at radius 1 is 1.50 bits per heavy atom. The Morgan fingerprint density at radius 3 is 2.29 bits per heavy atom. The fraction of sp³-hybridized carbons (Fsp3) is 0.600. The Morgan fingerprint density at radius 2 is 2.00 bits per heavy atom.